The number of hydrogen-bond acceptors (Lipinski definition) is 2. The maximum absolute atomic E-state index is 12.1. The van der Waals surface area contributed by atoms with Gasteiger partial charge in [-0.15, -0.1) is 12.4 Å². The minimum Gasteiger partial charge on any atom is -0.349 e. The Morgan fingerprint density at radius 1 is 1.32 bits per heavy atom. The van der Waals surface area contributed by atoms with Crippen molar-refractivity contribution in [2.75, 3.05) is 0 Å². The quantitative estimate of drug-likeness (QED) is 0.882. The Morgan fingerprint density at radius 2 is 1.95 bits per heavy atom. The van der Waals surface area contributed by atoms with Gasteiger partial charge in [0, 0.05) is 22.7 Å². The summed E-state index contributed by atoms with van der Waals surface area (Å²) in [6.07, 6.45) is 3.90. The zero-order valence-electron chi connectivity index (χ0n) is 11.0. The highest BCUT2D eigenvalue weighted by Gasteiger charge is 2.20. The molecule has 1 aliphatic rings. The molecule has 5 heteroatoms. The van der Waals surface area contributed by atoms with E-state index in [9.17, 15) is 4.79 Å². The van der Waals surface area contributed by atoms with E-state index in [0.29, 0.717) is 16.6 Å². The average molecular weight is 303 g/mol. The number of hydrogen-bond donors (Lipinski definition) is 2. The number of carbonyl (C=O) groups excluding carboxylic acids is 1. The predicted molar refractivity (Wildman–Crippen MR) is 81.1 cm³/mol. The van der Waals surface area contributed by atoms with Crippen molar-refractivity contribution in [2.24, 2.45) is 5.73 Å². The van der Waals surface area contributed by atoms with Gasteiger partial charge < -0.3 is 11.1 Å². The molecule has 0 unspecified atom stereocenters. The number of rotatable bonds is 2. The molecule has 0 atom stereocenters. The van der Waals surface area contributed by atoms with Crippen LogP contribution >= 0.6 is 24.0 Å². The van der Waals surface area contributed by atoms with E-state index in [0.717, 1.165) is 31.2 Å². The first-order chi connectivity index (χ1) is 8.56. The van der Waals surface area contributed by atoms with Crippen LogP contribution in [-0.2, 0) is 0 Å². The Hall–Kier alpha value is -0.770. The molecule has 0 radical (unpaired) electrons. The van der Waals surface area contributed by atoms with Crippen LogP contribution in [0.5, 0.6) is 0 Å². The fraction of sp³-hybridized carbons (Fsp3) is 0.500. The van der Waals surface area contributed by atoms with Gasteiger partial charge in [-0.1, -0.05) is 17.7 Å². The lowest BCUT2D eigenvalue weighted by Crippen LogP contribution is -2.40. The number of aryl methyl sites for hydroxylation is 1. The maximum Gasteiger partial charge on any atom is 0.251 e. The molecule has 3 nitrogen and oxygen atoms in total. The van der Waals surface area contributed by atoms with E-state index in [2.05, 4.69) is 5.32 Å². The molecule has 19 heavy (non-hydrogen) atoms. The predicted octanol–water partition coefficient (Wildman–Crippen LogP) is 3.07. The maximum atomic E-state index is 12.1. The molecule has 0 heterocycles. The minimum atomic E-state index is -0.0441. The third-order valence-corrected chi connectivity index (χ3v) is 3.95. The summed E-state index contributed by atoms with van der Waals surface area (Å²) in [7, 11) is 0. The van der Waals surface area contributed by atoms with E-state index >= 15 is 0 Å². The summed E-state index contributed by atoms with van der Waals surface area (Å²) in [5, 5.41) is 3.68. The van der Waals surface area contributed by atoms with Gasteiger partial charge in [-0.25, -0.2) is 0 Å². The first kappa shape index (κ1) is 16.3. The normalized spacial score (nSPS) is 22.5. The van der Waals surface area contributed by atoms with Gasteiger partial charge in [0.15, 0.2) is 0 Å². The average Bonchev–Trinajstić information content (AvgIpc) is 2.35. The minimum absolute atomic E-state index is 0. The van der Waals surface area contributed by atoms with Crippen LogP contribution in [0.3, 0.4) is 0 Å². The monoisotopic (exact) mass is 302 g/mol. The number of halogens is 2. The van der Waals surface area contributed by atoms with Gasteiger partial charge in [-0.2, -0.15) is 0 Å². The van der Waals surface area contributed by atoms with Crippen LogP contribution in [0.2, 0.25) is 5.02 Å². The smallest absolute Gasteiger partial charge is 0.251 e. The zero-order chi connectivity index (χ0) is 13.1. The van der Waals surface area contributed by atoms with Gasteiger partial charge >= 0.3 is 0 Å². The molecule has 1 amide bonds. The van der Waals surface area contributed by atoms with Crippen molar-refractivity contribution in [1.29, 1.82) is 0 Å². The van der Waals surface area contributed by atoms with Crippen LogP contribution < -0.4 is 11.1 Å². The third-order valence-electron chi connectivity index (χ3n) is 3.54. The molecule has 0 saturated heterocycles. The highest BCUT2D eigenvalue weighted by atomic mass is 35.5. The lowest BCUT2D eigenvalue weighted by atomic mass is 9.91. The largest absolute Gasteiger partial charge is 0.349 e. The molecule has 1 aromatic carbocycles. The Balaban J connectivity index is 0.00000180. The van der Waals surface area contributed by atoms with Crippen molar-refractivity contribution in [2.45, 2.75) is 44.7 Å². The van der Waals surface area contributed by atoms with E-state index in [-0.39, 0.29) is 24.4 Å². The van der Waals surface area contributed by atoms with Crippen molar-refractivity contribution in [1.82, 2.24) is 5.32 Å². The molecule has 3 N–H and O–H groups in total. The van der Waals surface area contributed by atoms with E-state index in [1.807, 2.05) is 19.1 Å². The molecule has 2 rings (SSSR count). The first-order valence-electron chi connectivity index (χ1n) is 6.39. The number of nitrogens with two attached hydrogens (primary N) is 1. The zero-order valence-corrected chi connectivity index (χ0v) is 12.6. The van der Waals surface area contributed by atoms with Crippen LogP contribution in [0, 0.1) is 6.92 Å². The summed E-state index contributed by atoms with van der Waals surface area (Å²) >= 11 is 6.02. The number of amides is 1. The van der Waals surface area contributed by atoms with Gasteiger partial charge in [-0.05, 0) is 50.3 Å². The molecular weight excluding hydrogens is 283 g/mol. The van der Waals surface area contributed by atoms with Crippen LogP contribution in [0.4, 0.5) is 0 Å². The van der Waals surface area contributed by atoms with Crippen molar-refractivity contribution >= 4 is 29.9 Å². The molecule has 0 aliphatic heterocycles. The molecule has 1 saturated carbocycles. The highest BCUT2D eigenvalue weighted by molar-refractivity contribution is 6.31. The Morgan fingerprint density at radius 3 is 2.53 bits per heavy atom. The fourth-order valence-corrected chi connectivity index (χ4v) is 2.45. The SMILES string of the molecule is Cc1ccc(C(=O)NC2CCC(N)CC2)cc1Cl.Cl. The summed E-state index contributed by atoms with van der Waals surface area (Å²) < 4.78 is 0. The van der Waals surface area contributed by atoms with Gasteiger partial charge in [0.25, 0.3) is 5.91 Å². The molecule has 1 aliphatic carbocycles. The second-order valence-corrected chi connectivity index (χ2v) is 5.46. The van der Waals surface area contributed by atoms with Gasteiger partial charge in [0.05, 0.1) is 0 Å². The Kier molecular flexibility index (Phi) is 6.11. The second kappa shape index (κ2) is 7.13. The lowest BCUT2D eigenvalue weighted by molar-refractivity contribution is 0.0926. The van der Waals surface area contributed by atoms with E-state index in [4.69, 9.17) is 17.3 Å². The van der Waals surface area contributed by atoms with Crippen molar-refractivity contribution in [3.05, 3.63) is 34.3 Å². The molecular formula is C14H20Cl2N2O. The topological polar surface area (TPSA) is 55.1 Å². The number of carbonyl (C=O) groups is 1. The third kappa shape index (κ3) is 4.37. The highest BCUT2D eigenvalue weighted by Crippen LogP contribution is 2.19. The standard InChI is InChI=1S/C14H19ClN2O.ClH/c1-9-2-3-10(8-13(9)15)14(18)17-12-6-4-11(16)5-7-12;/h2-3,8,11-12H,4-7,16H2,1H3,(H,17,18);1H. The molecule has 0 spiro atoms. The Bertz CT molecular complexity index is 443. The molecule has 0 aromatic heterocycles. The Labute approximate surface area is 125 Å². The summed E-state index contributed by atoms with van der Waals surface area (Å²) in [6, 6.07) is 5.95. The van der Waals surface area contributed by atoms with E-state index in [1.165, 1.54) is 0 Å². The van der Waals surface area contributed by atoms with Crippen molar-refractivity contribution in [3.63, 3.8) is 0 Å². The van der Waals surface area contributed by atoms with Crippen molar-refractivity contribution < 1.29 is 4.79 Å². The van der Waals surface area contributed by atoms with Crippen LogP contribution in [0.25, 0.3) is 0 Å². The first-order valence-corrected chi connectivity index (χ1v) is 6.76. The summed E-state index contributed by atoms with van der Waals surface area (Å²) in [6.45, 7) is 1.92. The van der Waals surface area contributed by atoms with Crippen LogP contribution in [-0.4, -0.2) is 18.0 Å². The molecule has 1 fully saturated rings. The van der Waals surface area contributed by atoms with Gasteiger partial charge in [-0.3, -0.25) is 4.79 Å². The summed E-state index contributed by atoms with van der Waals surface area (Å²) in [5.41, 5.74) is 7.45. The van der Waals surface area contributed by atoms with Crippen LogP contribution in [0.15, 0.2) is 18.2 Å². The fourth-order valence-electron chi connectivity index (χ4n) is 2.27. The number of nitrogens with one attached hydrogen (secondary N) is 1. The summed E-state index contributed by atoms with van der Waals surface area (Å²) in [5.74, 6) is -0.0441. The van der Waals surface area contributed by atoms with Gasteiger partial charge in [0.2, 0.25) is 0 Å². The molecule has 1 aromatic rings. The van der Waals surface area contributed by atoms with Gasteiger partial charge in [0.1, 0.15) is 0 Å². The molecule has 0 bridgehead atoms. The van der Waals surface area contributed by atoms with E-state index in [1.54, 1.807) is 6.07 Å². The van der Waals surface area contributed by atoms with Crippen LogP contribution in [0.1, 0.15) is 41.6 Å². The summed E-state index contributed by atoms with van der Waals surface area (Å²) in [4.78, 5) is 12.1. The molecule has 106 valence electrons. The second-order valence-electron chi connectivity index (χ2n) is 5.05. The number of benzene rings is 1. The lowest BCUT2D eigenvalue weighted by Gasteiger charge is -2.26. The van der Waals surface area contributed by atoms with E-state index < -0.39 is 0 Å². The van der Waals surface area contributed by atoms with Crippen molar-refractivity contribution in [3.8, 4) is 0 Å².